The lowest BCUT2D eigenvalue weighted by Gasteiger charge is -2.14. The lowest BCUT2D eigenvalue weighted by atomic mass is 10.0. The van der Waals surface area contributed by atoms with Gasteiger partial charge in [-0.2, -0.15) is 0 Å². The molecule has 3 nitrogen and oxygen atoms in total. The van der Waals surface area contributed by atoms with Crippen molar-refractivity contribution >= 4 is 0 Å². The minimum atomic E-state index is -0.750. The maximum absolute atomic E-state index is 14.0. The summed E-state index contributed by atoms with van der Waals surface area (Å²) >= 11 is 0. The highest BCUT2D eigenvalue weighted by molar-refractivity contribution is 5.43. The van der Waals surface area contributed by atoms with Gasteiger partial charge in [-0.25, -0.2) is 4.39 Å². The van der Waals surface area contributed by atoms with Gasteiger partial charge < -0.3 is 14.6 Å². The summed E-state index contributed by atoms with van der Waals surface area (Å²) in [7, 11) is 2.90. The van der Waals surface area contributed by atoms with E-state index in [9.17, 15) is 9.50 Å². The Morgan fingerprint density at radius 3 is 2.31 bits per heavy atom. The van der Waals surface area contributed by atoms with Crippen molar-refractivity contribution in [3.05, 3.63) is 23.5 Å². The van der Waals surface area contributed by atoms with E-state index in [1.165, 1.54) is 20.3 Å². The highest BCUT2D eigenvalue weighted by Gasteiger charge is 2.41. The van der Waals surface area contributed by atoms with Crippen molar-refractivity contribution in [3.8, 4) is 11.5 Å². The van der Waals surface area contributed by atoms with Gasteiger partial charge in [-0.05, 0) is 25.0 Å². The Balaban J connectivity index is 2.38. The normalized spacial score (nSPS) is 17.0. The number of hydrogen-bond donors (Lipinski definition) is 1. The molecule has 1 aromatic rings. The van der Waals surface area contributed by atoms with Crippen LogP contribution in [0.2, 0.25) is 0 Å². The Morgan fingerprint density at radius 2 is 1.81 bits per heavy atom. The van der Waals surface area contributed by atoms with Gasteiger partial charge in [0.05, 0.1) is 19.8 Å². The molecule has 1 N–H and O–H groups in total. The molecule has 88 valence electrons. The number of rotatable bonds is 4. The van der Waals surface area contributed by atoms with Crippen LogP contribution in [0.5, 0.6) is 11.5 Å². The molecule has 0 bridgehead atoms. The molecule has 0 aromatic heterocycles. The Kier molecular flexibility index (Phi) is 2.76. The second kappa shape index (κ2) is 3.94. The molecule has 4 heteroatoms. The Morgan fingerprint density at radius 1 is 1.25 bits per heavy atom. The highest BCUT2D eigenvalue weighted by atomic mass is 19.1. The fourth-order valence-electron chi connectivity index (χ4n) is 1.75. The Bertz CT molecular complexity index is 399. The van der Waals surface area contributed by atoms with Crippen molar-refractivity contribution in [3.63, 3.8) is 0 Å². The first-order chi connectivity index (χ1) is 7.59. The lowest BCUT2D eigenvalue weighted by molar-refractivity contribution is 0.148. The minimum Gasteiger partial charge on any atom is -0.496 e. The fraction of sp³-hybridized carbons (Fsp3) is 0.500. The average molecular weight is 226 g/mol. The van der Waals surface area contributed by atoms with Crippen LogP contribution < -0.4 is 9.47 Å². The first-order valence-corrected chi connectivity index (χ1v) is 5.21. The van der Waals surface area contributed by atoms with E-state index in [0.29, 0.717) is 24.2 Å². The van der Waals surface area contributed by atoms with Gasteiger partial charge in [-0.3, -0.25) is 0 Å². The van der Waals surface area contributed by atoms with E-state index in [1.807, 2.05) is 0 Å². The number of benzene rings is 1. The van der Waals surface area contributed by atoms with Crippen LogP contribution in [-0.4, -0.2) is 24.9 Å². The zero-order valence-corrected chi connectivity index (χ0v) is 9.42. The highest BCUT2D eigenvalue weighted by Crippen LogP contribution is 2.42. The molecule has 0 amide bonds. The molecular formula is C12H15FO3. The number of aliphatic hydroxyl groups is 1. The maximum Gasteiger partial charge on any atom is 0.172 e. The first kappa shape index (κ1) is 11.2. The summed E-state index contributed by atoms with van der Waals surface area (Å²) in [5.74, 6) is 0.195. The number of halogens is 1. The molecule has 1 fully saturated rings. The molecule has 0 heterocycles. The van der Waals surface area contributed by atoms with Crippen LogP contribution in [0.15, 0.2) is 12.1 Å². The summed E-state index contributed by atoms with van der Waals surface area (Å²) in [5, 5.41) is 9.83. The van der Waals surface area contributed by atoms with Crippen molar-refractivity contribution in [1.82, 2.24) is 0 Å². The van der Waals surface area contributed by atoms with E-state index in [2.05, 4.69) is 0 Å². The van der Waals surface area contributed by atoms with E-state index in [0.717, 1.165) is 0 Å². The third-order valence-electron chi connectivity index (χ3n) is 2.94. The van der Waals surface area contributed by atoms with E-state index in [4.69, 9.17) is 9.47 Å². The number of methoxy groups -OCH3 is 2. The molecule has 0 spiro atoms. The molecule has 0 atom stereocenters. The zero-order chi connectivity index (χ0) is 11.8. The van der Waals surface area contributed by atoms with Crippen LogP contribution in [0.3, 0.4) is 0 Å². The van der Waals surface area contributed by atoms with E-state index in [1.54, 1.807) is 6.07 Å². The fourth-order valence-corrected chi connectivity index (χ4v) is 1.75. The van der Waals surface area contributed by atoms with Crippen LogP contribution in [0.4, 0.5) is 4.39 Å². The van der Waals surface area contributed by atoms with Gasteiger partial charge in [0.15, 0.2) is 11.6 Å². The molecule has 1 aliphatic carbocycles. The van der Waals surface area contributed by atoms with Crippen LogP contribution in [-0.2, 0) is 6.42 Å². The molecule has 2 rings (SSSR count). The summed E-state index contributed by atoms with van der Waals surface area (Å²) < 4.78 is 24.0. The third kappa shape index (κ3) is 1.97. The maximum atomic E-state index is 14.0. The van der Waals surface area contributed by atoms with Gasteiger partial charge in [0.2, 0.25) is 0 Å². The monoisotopic (exact) mass is 226 g/mol. The predicted octanol–water partition coefficient (Wildman–Crippen LogP) is 1.91. The molecule has 1 saturated carbocycles. The predicted molar refractivity (Wildman–Crippen MR) is 57.4 cm³/mol. The Labute approximate surface area is 93.8 Å². The van der Waals surface area contributed by atoms with Crippen molar-refractivity contribution in [2.24, 2.45) is 0 Å². The largest absolute Gasteiger partial charge is 0.496 e. The van der Waals surface area contributed by atoms with Gasteiger partial charge >= 0.3 is 0 Å². The van der Waals surface area contributed by atoms with Gasteiger partial charge in [0, 0.05) is 12.0 Å². The van der Waals surface area contributed by atoms with Crippen LogP contribution in [0.25, 0.3) is 0 Å². The summed E-state index contributed by atoms with van der Waals surface area (Å²) in [4.78, 5) is 0. The molecule has 0 unspecified atom stereocenters. The van der Waals surface area contributed by atoms with Gasteiger partial charge in [-0.1, -0.05) is 0 Å². The molecular weight excluding hydrogens is 211 g/mol. The molecule has 0 saturated heterocycles. The third-order valence-corrected chi connectivity index (χ3v) is 2.94. The van der Waals surface area contributed by atoms with Crippen molar-refractivity contribution in [2.75, 3.05) is 14.2 Å². The number of ether oxygens (including phenoxy) is 2. The summed E-state index contributed by atoms with van der Waals surface area (Å²) in [6.45, 7) is 0. The smallest absolute Gasteiger partial charge is 0.172 e. The number of hydrogen-bond acceptors (Lipinski definition) is 3. The summed E-state index contributed by atoms with van der Waals surface area (Å²) in [6.07, 6.45) is 1.71. The van der Waals surface area contributed by atoms with E-state index >= 15 is 0 Å². The lowest BCUT2D eigenvalue weighted by Crippen LogP contribution is -2.13. The minimum absolute atomic E-state index is 0.181. The van der Waals surface area contributed by atoms with E-state index in [-0.39, 0.29) is 12.2 Å². The van der Waals surface area contributed by atoms with Crippen molar-refractivity contribution in [1.29, 1.82) is 0 Å². The van der Waals surface area contributed by atoms with Crippen LogP contribution >= 0.6 is 0 Å². The molecule has 16 heavy (non-hydrogen) atoms. The molecule has 0 radical (unpaired) electrons. The van der Waals surface area contributed by atoms with Gasteiger partial charge in [0.25, 0.3) is 0 Å². The summed E-state index contributed by atoms with van der Waals surface area (Å²) in [5.41, 5.74) is -0.359. The first-order valence-electron chi connectivity index (χ1n) is 5.21. The molecule has 0 aliphatic heterocycles. The van der Waals surface area contributed by atoms with Gasteiger partial charge in [-0.15, -0.1) is 0 Å². The van der Waals surface area contributed by atoms with E-state index < -0.39 is 11.4 Å². The molecule has 1 aliphatic rings. The zero-order valence-electron chi connectivity index (χ0n) is 9.42. The van der Waals surface area contributed by atoms with Gasteiger partial charge in [0.1, 0.15) is 5.75 Å². The average Bonchev–Trinajstić information content (AvgIpc) is 2.99. The van der Waals surface area contributed by atoms with Crippen molar-refractivity contribution < 1.29 is 19.0 Å². The second-order valence-corrected chi connectivity index (χ2v) is 4.16. The molecule has 1 aromatic carbocycles. The summed E-state index contributed by atoms with van der Waals surface area (Å²) in [6, 6.07) is 3.18. The topological polar surface area (TPSA) is 38.7 Å². The standard InChI is InChI=1S/C12H15FO3/c1-15-9-3-4-10(16-2)11(13)8(9)7-12(14)5-6-12/h3-4,14H,5-7H2,1-2H3. The SMILES string of the molecule is COc1ccc(OC)c(CC2(O)CC2)c1F. The second-order valence-electron chi connectivity index (χ2n) is 4.16. The Hall–Kier alpha value is -1.29. The quantitative estimate of drug-likeness (QED) is 0.852. The van der Waals surface area contributed by atoms with Crippen LogP contribution in [0, 0.1) is 5.82 Å². The van der Waals surface area contributed by atoms with Crippen molar-refractivity contribution in [2.45, 2.75) is 24.9 Å². The van der Waals surface area contributed by atoms with Crippen LogP contribution in [0.1, 0.15) is 18.4 Å².